The predicted molar refractivity (Wildman–Crippen MR) is 75.3 cm³/mol. The Bertz CT molecular complexity index is 425. The lowest BCUT2D eigenvalue weighted by Crippen LogP contribution is -2.43. The van der Waals surface area contributed by atoms with Crippen LogP contribution in [0.5, 0.6) is 5.75 Å². The van der Waals surface area contributed by atoms with Crippen LogP contribution in [0.4, 0.5) is 11.4 Å². The molecular formula is C15H22N2O. The van der Waals surface area contributed by atoms with Gasteiger partial charge in [-0.25, -0.2) is 0 Å². The third kappa shape index (κ3) is 2.14. The van der Waals surface area contributed by atoms with Gasteiger partial charge in [0, 0.05) is 6.07 Å². The summed E-state index contributed by atoms with van der Waals surface area (Å²) in [6.07, 6.45) is 7.47. The van der Waals surface area contributed by atoms with Crippen LogP contribution in [-0.4, -0.2) is 12.3 Å². The first-order valence-electron chi connectivity index (χ1n) is 7.15. The molecule has 3 nitrogen and oxygen atoms in total. The van der Waals surface area contributed by atoms with Gasteiger partial charge >= 0.3 is 0 Å². The van der Waals surface area contributed by atoms with Gasteiger partial charge in [-0.1, -0.05) is 13.3 Å². The monoisotopic (exact) mass is 246 g/mol. The molecule has 3 rings (SSSR count). The van der Waals surface area contributed by atoms with Gasteiger partial charge in [0.25, 0.3) is 0 Å². The molecule has 1 fully saturated rings. The molecular weight excluding hydrogens is 224 g/mol. The van der Waals surface area contributed by atoms with Crippen LogP contribution < -0.4 is 15.4 Å². The zero-order valence-corrected chi connectivity index (χ0v) is 11.1. The van der Waals surface area contributed by atoms with Gasteiger partial charge in [0.05, 0.1) is 18.0 Å². The highest BCUT2D eigenvalue weighted by molar-refractivity contribution is 5.77. The van der Waals surface area contributed by atoms with Crippen molar-refractivity contribution >= 4 is 11.4 Å². The molecule has 1 spiro atoms. The first-order chi connectivity index (χ1) is 8.81. The lowest BCUT2D eigenvalue weighted by Gasteiger charge is -2.34. The van der Waals surface area contributed by atoms with E-state index in [9.17, 15) is 0 Å². The van der Waals surface area contributed by atoms with E-state index in [-0.39, 0.29) is 5.66 Å². The lowest BCUT2D eigenvalue weighted by molar-refractivity contribution is 0.317. The summed E-state index contributed by atoms with van der Waals surface area (Å²) in [6.45, 7) is 2.92. The minimum atomic E-state index is 0.115. The second kappa shape index (κ2) is 4.71. The molecule has 1 saturated carbocycles. The van der Waals surface area contributed by atoms with E-state index in [4.69, 9.17) is 4.74 Å². The Balaban J connectivity index is 1.76. The van der Waals surface area contributed by atoms with Crippen molar-refractivity contribution in [2.24, 2.45) is 0 Å². The molecule has 2 N–H and O–H groups in total. The number of hydrogen-bond donors (Lipinski definition) is 2. The van der Waals surface area contributed by atoms with Crippen LogP contribution in [-0.2, 0) is 0 Å². The smallest absolute Gasteiger partial charge is 0.121 e. The molecule has 98 valence electrons. The number of rotatable bonds is 3. The van der Waals surface area contributed by atoms with Gasteiger partial charge < -0.3 is 15.4 Å². The SMILES string of the molecule is CCCOc1ccc2c(c1)NC1(CCCCC1)N2. The number of hydrogen-bond acceptors (Lipinski definition) is 3. The zero-order valence-electron chi connectivity index (χ0n) is 11.1. The first-order valence-corrected chi connectivity index (χ1v) is 7.15. The zero-order chi connectivity index (χ0) is 12.4. The standard InChI is InChI=1S/C15H22N2O/c1-2-10-18-12-6-7-13-14(11-12)17-15(16-13)8-4-3-5-9-15/h6-7,11,16-17H,2-5,8-10H2,1H3. The first kappa shape index (κ1) is 11.7. The molecule has 1 heterocycles. The van der Waals surface area contributed by atoms with Gasteiger partial charge in [0.2, 0.25) is 0 Å². The van der Waals surface area contributed by atoms with E-state index in [0.717, 1.165) is 18.8 Å². The van der Waals surface area contributed by atoms with E-state index < -0.39 is 0 Å². The second-order valence-electron chi connectivity index (χ2n) is 5.45. The average Bonchev–Trinajstić information content (AvgIpc) is 2.73. The Morgan fingerprint density at radius 2 is 1.89 bits per heavy atom. The summed E-state index contributed by atoms with van der Waals surface area (Å²) in [5.41, 5.74) is 2.54. The molecule has 0 unspecified atom stereocenters. The summed E-state index contributed by atoms with van der Waals surface area (Å²) in [4.78, 5) is 0. The Kier molecular flexibility index (Phi) is 3.06. The van der Waals surface area contributed by atoms with Crippen LogP contribution >= 0.6 is 0 Å². The van der Waals surface area contributed by atoms with Crippen LogP contribution in [0.15, 0.2) is 18.2 Å². The molecule has 1 aliphatic carbocycles. The minimum Gasteiger partial charge on any atom is -0.494 e. The molecule has 0 amide bonds. The fourth-order valence-electron chi connectivity index (χ4n) is 3.00. The number of benzene rings is 1. The molecule has 0 bridgehead atoms. The highest BCUT2D eigenvalue weighted by Crippen LogP contribution is 2.42. The molecule has 1 aromatic rings. The van der Waals surface area contributed by atoms with Crippen LogP contribution in [0.25, 0.3) is 0 Å². The number of fused-ring (bicyclic) bond motifs is 1. The van der Waals surface area contributed by atoms with Gasteiger partial charge in [-0.3, -0.25) is 0 Å². The topological polar surface area (TPSA) is 33.3 Å². The van der Waals surface area contributed by atoms with E-state index in [1.807, 2.05) is 0 Å². The summed E-state index contributed by atoms with van der Waals surface area (Å²) >= 11 is 0. The van der Waals surface area contributed by atoms with Gasteiger partial charge in [0.15, 0.2) is 0 Å². The summed E-state index contributed by atoms with van der Waals surface area (Å²) in [5.74, 6) is 0.970. The molecule has 0 radical (unpaired) electrons. The normalized spacial score (nSPS) is 20.1. The number of nitrogens with one attached hydrogen (secondary N) is 2. The minimum absolute atomic E-state index is 0.115. The average molecular weight is 246 g/mol. The molecule has 1 aromatic carbocycles. The van der Waals surface area contributed by atoms with Gasteiger partial charge in [-0.2, -0.15) is 0 Å². The van der Waals surface area contributed by atoms with Crippen molar-refractivity contribution in [3.8, 4) is 5.75 Å². The summed E-state index contributed by atoms with van der Waals surface area (Å²) in [7, 11) is 0. The fraction of sp³-hybridized carbons (Fsp3) is 0.600. The van der Waals surface area contributed by atoms with E-state index in [1.165, 1.54) is 43.5 Å². The second-order valence-corrected chi connectivity index (χ2v) is 5.45. The summed E-state index contributed by atoms with van der Waals surface area (Å²) in [6, 6.07) is 6.32. The maximum absolute atomic E-state index is 5.69. The Labute approximate surface area is 109 Å². The van der Waals surface area contributed by atoms with Crippen molar-refractivity contribution in [1.82, 2.24) is 0 Å². The van der Waals surface area contributed by atoms with Crippen LogP contribution in [0.3, 0.4) is 0 Å². The van der Waals surface area contributed by atoms with Gasteiger partial charge in [0.1, 0.15) is 11.4 Å². The van der Waals surface area contributed by atoms with Crippen molar-refractivity contribution in [2.45, 2.75) is 51.1 Å². The quantitative estimate of drug-likeness (QED) is 0.846. The molecule has 0 atom stereocenters. The third-order valence-corrected chi connectivity index (χ3v) is 3.92. The van der Waals surface area contributed by atoms with E-state index in [1.54, 1.807) is 0 Å². The molecule has 3 heteroatoms. The largest absolute Gasteiger partial charge is 0.494 e. The van der Waals surface area contributed by atoms with E-state index in [0.29, 0.717) is 0 Å². The summed E-state index contributed by atoms with van der Waals surface area (Å²) in [5, 5.41) is 7.34. The predicted octanol–water partition coefficient (Wildman–Crippen LogP) is 3.97. The molecule has 0 saturated heterocycles. The molecule has 1 aliphatic heterocycles. The molecule has 0 aromatic heterocycles. The molecule has 18 heavy (non-hydrogen) atoms. The highest BCUT2D eigenvalue weighted by atomic mass is 16.5. The van der Waals surface area contributed by atoms with Crippen LogP contribution in [0.1, 0.15) is 45.4 Å². The number of anilines is 2. The van der Waals surface area contributed by atoms with Crippen molar-refractivity contribution in [2.75, 3.05) is 17.2 Å². The van der Waals surface area contributed by atoms with Crippen molar-refractivity contribution < 1.29 is 4.74 Å². The molecule has 2 aliphatic rings. The Morgan fingerprint density at radius 3 is 2.67 bits per heavy atom. The maximum atomic E-state index is 5.69. The van der Waals surface area contributed by atoms with Crippen molar-refractivity contribution in [1.29, 1.82) is 0 Å². The highest BCUT2D eigenvalue weighted by Gasteiger charge is 2.37. The maximum Gasteiger partial charge on any atom is 0.121 e. The van der Waals surface area contributed by atoms with Gasteiger partial charge in [-0.15, -0.1) is 0 Å². The van der Waals surface area contributed by atoms with E-state index in [2.05, 4.69) is 35.8 Å². The van der Waals surface area contributed by atoms with Crippen LogP contribution in [0.2, 0.25) is 0 Å². The Hall–Kier alpha value is -1.38. The van der Waals surface area contributed by atoms with Crippen molar-refractivity contribution in [3.05, 3.63) is 18.2 Å². The lowest BCUT2D eigenvalue weighted by atomic mass is 9.89. The van der Waals surface area contributed by atoms with Crippen molar-refractivity contribution in [3.63, 3.8) is 0 Å². The number of ether oxygens (including phenoxy) is 1. The summed E-state index contributed by atoms with van der Waals surface area (Å²) < 4.78 is 5.69. The van der Waals surface area contributed by atoms with Crippen LogP contribution in [0, 0.1) is 0 Å². The Morgan fingerprint density at radius 1 is 1.11 bits per heavy atom. The van der Waals surface area contributed by atoms with E-state index >= 15 is 0 Å². The fourth-order valence-corrected chi connectivity index (χ4v) is 3.00. The van der Waals surface area contributed by atoms with Gasteiger partial charge in [-0.05, 0) is 44.2 Å². The third-order valence-electron chi connectivity index (χ3n) is 3.92.